The minimum atomic E-state index is 0.0851. The van der Waals surface area contributed by atoms with E-state index in [4.69, 9.17) is 14.7 Å². The Bertz CT molecular complexity index is 682. The zero-order chi connectivity index (χ0) is 15.9. The van der Waals surface area contributed by atoms with Crippen molar-refractivity contribution in [2.24, 2.45) is 0 Å². The highest BCUT2D eigenvalue weighted by Crippen LogP contribution is 2.28. The highest BCUT2D eigenvalue weighted by atomic mass is 16.5. The monoisotopic (exact) mass is 298 g/mol. The zero-order valence-corrected chi connectivity index (χ0v) is 12.8. The summed E-state index contributed by atoms with van der Waals surface area (Å²) in [5.74, 6) is 1.90. The Morgan fingerprint density at radius 1 is 1.18 bits per heavy atom. The quantitative estimate of drug-likeness (QED) is 0.882. The van der Waals surface area contributed by atoms with Crippen LogP contribution >= 0.6 is 0 Å². The van der Waals surface area contributed by atoms with Crippen LogP contribution in [0.1, 0.15) is 18.2 Å². The molecule has 1 atom stereocenters. The predicted octanol–water partition coefficient (Wildman–Crippen LogP) is 2.41. The molecular formula is C16H18N4O2. The van der Waals surface area contributed by atoms with Crippen LogP contribution in [0.25, 0.3) is 0 Å². The second-order valence-corrected chi connectivity index (χ2v) is 4.80. The summed E-state index contributed by atoms with van der Waals surface area (Å²) in [5.41, 5.74) is 1.39. The summed E-state index contributed by atoms with van der Waals surface area (Å²) < 4.78 is 10.5. The van der Waals surface area contributed by atoms with Crippen LogP contribution in [-0.4, -0.2) is 30.2 Å². The summed E-state index contributed by atoms with van der Waals surface area (Å²) in [7, 11) is 3.22. The number of anilines is 1. The van der Waals surface area contributed by atoms with Gasteiger partial charge < -0.3 is 14.8 Å². The Hall–Kier alpha value is -2.81. The van der Waals surface area contributed by atoms with E-state index in [1.165, 1.54) is 6.20 Å². The summed E-state index contributed by atoms with van der Waals surface area (Å²) in [4.78, 5) is 8.14. The number of hydrogen-bond donors (Lipinski definition) is 1. The lowest BCUT2D eigenvalue weighted by molar-refractivity contribution is 0.354. The van der Waals surface area contributed by atoms with Crippen LogP contribution in [-0.2, 0) is 6.42 Å². The van der Waals surface area contributed by atoms with Gasteiger partial charge in [-0.1, -0.05) is 6.07 Å². The minimum absolute atomic E-state index is 0.0851. The lowest BCUT2D eigenvalue weighted by atomic mass is 10.1. The molecule has 114 valence electrons. The molecular weight excluding hydrogens is 280 g/mol. The van der Waals surface area contributed by atoms with Crippen molar-refractivity contribution < 1.29 is 9.47 Å². The van der Waals surface area contributed by atoms with Gasteiger partial charge in [0.05, 0.1) is 14.2 Å². The Kier molecular flexibility index (Phi) is 5.15. The smallest absolute Gasteiger partial charge is 0.182 e. The largest absolute Gasteiger partial charge is 0.493 e. The van der Waals surface area contributed by atoms with E-state index in [0.29, 0.717) is 23.0 Å². The van der Waals surface area contributed by atoms with Gasteiger partial charge in [0.2, 0.25) is 0 Å². The second kappa shape index (κ2) is 7.27. The van der Waals surface area contributed by atoms with Crippen LogP contribution in [0.5, 0.6) is 11.5 Å². The van der Waals surface area contributed by atoms with Gasteiger partial charge in [-0.15, -0.1) is 0 Å². The van der Waals surface area contributed by atoms with Gasteiger partial charge >= 0.3 is 0 Å². The van der Waals surface area contributed by atoms with E-state index in [1.54, 1.807) is 20.4 Å². The number of nitrogens with one attached hydrogen (secondary N) is 1. The SMILES string of the molecule is COc1ccc(C[C@H](C)Nc2nccnc2C#N)cc1OC. The lowest BCUT2D eigenvalue weighted by Gasteiger charge is -2.16. The third-order valence-corrected chi connectivity index (χ3v) is 3.18. The van der Waals surface area contributed by atoms with Gasteiger partial charge in [-0.25, -0.2) is 9.97 Å². The van der Waals surface area contributed by atoms with Gasteiger partial charge in [0.25, 0.3) is 0 Å². The second-order valence-electron chi connectivity index (χ2n) is 4.80. The van der Waals surface area contributed by atoms with Crippen LogP contribution in [0.3, 0.4) is 0 Å². The van der Waals surface area contributed by atoms with Gasteiger partial charge in [-0.2, -0.15) is 5.26 Å². The summed E-state index contributed by atoms with van der Waals surface area (Å²) in [6.07, 6.45) is 3.82. The number of hydrogen-bond acceptors (Lipinski definition) is 6. The zero-order valence-electron chi connectivity index (χ0n) is 12.8. The maximum Gasteiger partial charge on any atom is 0.182 e. The molecule has 1 aromatic carbocycles. The minimum Gasteiger partial charge on any atom is -0.493 e. The molecule has 1 aromatic heterocycles. The molecule has 0 radical (unpaired) electrons. The topological polar surface area (TPSA) is 80.1 Å². The van der Waals surface area contributed by atoms with Crippen molar-refractivity contribution in [3.63, 3.8) is 0 Å². The highest BCUT2D eigenvalue weighted by molar-refractivity contribution is 5.48. The van der Waals surface area contributed by atoms with Crippen molar-refractivity contribution >= 4 is 5.82 Å². The van der Waals surface area contributed by atoms with Gasteiger partial charge in [-0.05, 0) is 31.0 Å². The normalized spacial score (nSPS) is 11.4. The van der Waals surface area contributed by atoms with Crippen LogP contribution in [0.15, 0.2) is 30.6 Å². The van der Waals surface area contributed by atoms with Gasteiger partial charge in [0.15, 0.2) is 23.0 Å². The maximum absolute atomic E-state index is 9.02. The molecule has 2 rings (SSSR count). The van der Waals surface area contributed by atoms with E-state index in [9.17, 15) is 0 Å². The Morgan fingerprint density at radius 2 is 1.91 bits per heavy atom. The predicted molar refractivity (Wildman–Crippen MR) is 83.1 cm³/mol. The first kappa shape index (κ1) is 15.6. The molecule has 0 spiro atoms. The van der Waals surface area contributed by atoms with Gasteiger partial charge in [-0.3, -0.25) is 0 Å². The molecule has 0 amide bonds. The van der Waals surface area contributed by atoms with E-state index >= 15 is 0 Å². The number of aromatic nitrogens is 2. The van der Waals surface area contributed by atoms with Crippen LogP contribution in [0, 0.1) is 11.3 Å². The molecule has 0 saturated heterocycles. The number of nitriles is 1. The number of rotatable bonds is 6. The molecule has 0 bridgehead atoms. The summed E-state index contributed by atoms with van der Waals surface area (Å²) in [6, 6.07) is 7.92. The van der Waals surface area contributed by atoms with Gasteiger partial charge in [0.1, 0.15) is 6.07 Å². The van der Waals surface area contributed by atoms with E-state index in [-0.39, 0.29) is 6.04 Å². The molecule has 0 unspecified atom stereocenters. The van der Waals surface area contributed by atoms with E-state index < -0.39 is 0 Å². The average molecular weight is 298 g/mol. The van der Waals surface area contributed by atoms with Crippen LogP contribution in [0.2, 0.25) is 0 Å². The average Bonchev–Trinajstić information content (AvgIpc) is 2.55. The summed E-state index contributed by atoms with van der Waals surface area (Å²) >= 11 is 0. The highest BCUT2D eigenvalue weighted by Gasteiger charge is 2.11. The number of nitrogens with zero attached hydrogens (tertiary/aromatic N) is 3. The van der Waals surface area contributed by atoms with E-state index in [0.717, 1.165) is 12.0 Å². The van der Waals surface area contributed by atoms with Crippen molar-refractivity contribution in [2.45, 2.75) is 19.4 Å². The van der Waals surface area contributed by atoms with Gasteiger partial charge in [0, 0.05) is 18.4 Å². The van der Waals surface area contributed by atoms with E-state index in [1.807, 2.05) is 31.2 Å². The first-order valence-electron chi connectivity index (χ1n) is 6.86. The van der Waals surface area contributed by atoms with Crippen LogP contribution in [0.4, 0.5) is 5.82 Å². The Labute approximate surface area is 129 Å². The van der Waals surface area contributed by atoms with Crippen molar-refractivity contribution in [3.8, 4) is 17.6 Å². The third kappa shape index (κ3) is 3.64. The van der Waals surface area contributed by atoms with Crippen molar-refractivity contribution in [1.29, 1.82) is 5.26 Å². The molecule has 22 heavy (non-hydrogen) atoms. The van der Waals surface area contributed by atoms with E-state index in [2.05, 4.69) is 15.3 Å². The molecule has 0 fully saturated rings. The van der Waals surface area contributed by atoms with Crippen LogP contribution < -0.4 is 14.8 Å². The molecule has 6 heteroatoms. The molecule has 6 nitrogen and oxygen atoms in total. The van der Waals surface area contributed by atoms with Crippen molar-refractivity contribution in [3.05, 3.63) is 41.9 Å². The fourth-order valence-corrected chi connectivity index (χ4v) is 2.17. The summed E-state index contributed by atoms with van der Waals surface area (Å²) in [6.45, 7) is 2.02. The number of methoxy groups -OCH3 is 2. The van der Waals surface area contributed by atoms with Crippen molar-refractivity contribution in [2.75, 3.05) is 19.5 Å². The molecule has 1 heterocycles. The Balaban J connectivity index is 2.09. The molecule has 0 aliphatic carbocycles. The number of ether oxygens (including phenoxy) is 2. The maximum atomic E-state index is 9.02. The fraction of sp³-hybridized carbons (Fsp3) is 0.312. The molecule has 0 saturated carbocycles. The molecule has 0 aliphatic rings. The third-order valence-electron chi connectivity index (χ3n) is 3.18. The fourth-order valence-electron chi connectivity index (χ4n) is 2.17. The Morgan fingerprint density at radius 3 is 2.59 bits per heavy atom. The van der Waals surface area contributed by atoms with Crippen molar-refractivity contribution in [1.82, 2.24) is 9.97 Å². The molecule has 0 aliphatic heterocycles. The lowest BCUT2D eigenvalue weighted by Crippen LogP contribution is -2.20. The molecule has 1 N–H and O–H groups in total. The summed E-state index contributed by atoms with van der Waals surface area (Å²) in [5, 5.41) is 12.2. The first-order chi connectivity index (χ1) is 10.7. The standard InChI is InChI=1S/C16H18N4O2/c1-11(20-16-13(10-17)18-6-7-19-16)8-12-4-5-14(21-2)15(9-12)22-3/h4-7,9,11H,8H2,1-3H3,(H,19,20)/t11-/m0/s1. The number of benzene rings is 1. The molecule has 2 aromatic rings. The first-order valence-corrected chi connectivity index (χ1v) is 6.86.